The van der Waals surface area contributed by atoms with Crippen LogP contribution < -0.4 is 5.43 Å². The first kappa shape index (κ1) is 16.1. The van der Waals surface area contributed by atoms with Gasteiger partial charge in [0.05, 0.1) is 11.1 Å². The first-order chi connectivity index (χ1) is 10.6. The summed E-state index contributed by atoms with van der Waals surface area (Å²) in [6.45, 7) is 2.17. The van der Waals surface area contributed by atoms with Gasteiger partial charge in [-0.3, -0.25) is 14.9 Å². The molecule has 1 amide bonds. The monoisotopic (exact) mass is 303 g/mol. The van der Waals surface area contributed by atoms with E-state index in [2.05, 4.69) is 17.5 Å². The molecule has 2 unspecified atom stereocenters. The molecule has 22 heavy (non-hydrogen) atoms. The van der Waals surface area contributed by atoms with Crippen LogP contribution in [0, 0.1) is 22.0 Å². The normalized spacial score (nSPS) is 20.0. The van der Waals surface area contributed by atoms with E-state index in [0.717, 1.165) is 12.8 Å². The molecule has 0 spiro atoms. The van der Waals surface area contributed by atoms with Gasteiger partial charge in [-0.1, -0.05) is 26.2 Å². The topological polar surface area (TPSA) is 84.6 Å². The Hall–Kier alpha value is -2.24. The van der Waals surface area contributed by atoms with Crippen LogP contribution in [0.5, 0.6) is 0 Å². The fourth-order valence-electron chi connectivity index (χ4n) is 2.48. The Morgan fingerprint density at radius 1 is 1.41 bits per heavy atom. The molecule has 2 rings (SSSR count). The van der Waals surface area contributed by atoms with Crippen molar-refractivity contribution in [2.45, 2.75) is 39.0 Å². The Bertz CT molecular complexity index is 554. The van der Waals surface area contributed by atoms with Crippen molar-refractivity contribution in [1.82, 2.24) is 5.43 Å². The van der Waals surface area contributed by atoms with Crippen molar-refractivity contribution in [3.63, 3.8) is 0 Å². The summed E-state index contributed by atoms with van der Waals surface area (Å²) in [6.07, 6.45) is 7.19. The summed E-state index contributed by atoms with van der Waals surface area (Å²) in [5.74, 6) is 0.589. The predicted molar refractivity (Wildman–Crippen MR) is 84.6 cm³/mol. The molecular formula is C16H21N3O3. The number of hydrogen-bond donors (Lipinski definition) is 1. The van der Waals surface area contributed by atoms with E-state index in [1.54, 1.807) is 12.1 Å². The van der Waals surface area contributed by atoms with E-state index in [4.69, 9.17) is 0 Å². The molecule has 118 valence electrons. The van der Waals surface area contributed by atoms with Crippen molar-refractivity contribution < 1.29 is 9.72 Å². The van der Waals surface area contributed by atoms with Crippen LogP contribution in [0.25, 0.3) is 0 Å². The van der Waals surface area contributed by atoms with Gasteiger partial charge < -0.3 is 0 Å². The third-order valence-corrected chi connectivity index (χ3v) is 3.93. The lowest BCUT2D eigenvalue weighted by Crippen LogP contribution is -2.20. The molecule has 0 aliphatic heterocycles. The lowest BCUT2D eigenvalue weighted by molar-refractivity contribution is -0.384. The molecule has 1 saturated carbocycles. The number of hydrazone groups is 1. The van der Waals surface area contributed by atoms with Crippen LogP contribution in [0.2, 0.25) is 0 Å². The Labute approximate surface area is 129 Å². The van der Waals surface area contributed by atoms with E-state index in [1.165, 1.54) is 37.6 Å². The van der Waals surface area contributed by atoms with Gasteiger partial charge in [-0.15, -0.1) is 0 Å². The Morgan fingerprint density at radius 2 is 2.14 bits per heavy atom. The Morgan fingerprint density at radius 3 is 2.77 bits per heavy atom. The molecule has 0 heterocycles. The van der Waals surface area contributed by atoms with Gasteiger partial charge in [0, 0.05) is 18.1 Å². The van der Waals surface area contributed by atoms with Gasteiger partial charge >= 0.3 is 0 Å². The van der Waals surface area contributed by atoms with Crippen LogP contribution in [-0.2, 0) is 4.79 Å². The standard InChI is InChI=1S/C16H21N3O3/c1-2-3-4-5-13-10-15(13)16(20)18-17-11-12-6-8-14(9-7-12)19(21)22/h6-9,11,13,15H,2-5,10H2,1H3,(H,18,20)/b17-11+. The third-order valence-electron chi connectivity index (χ3n) is 3.93. The smallest absolute Gasteiger partial charge is 0.269 e. The molecule has 0 bridgehead atoms. The van der Waals surface area contributed by atoms with Crippen molar-refractivity contribution in [2.24, 2.45) is 16.9 Å². The number of nitro groups is 1. The van der Waals surface area contributed by atoms with Crippen LogP contribution in [0.15, 0.2) is 29.4 Å². The van der Waals surface area contributed by atoms with Crippen molar-refractivity contribution >= 4 is 17.8 Å². The summed E-state index contributed by atoms with van der Waals surface area (Å²) >= 11 is 0. The zero-order chi connectivity index (χ0) is 15.9. The molecule has 0 saturated heterocycles. The number of hydrogen-bond acceptors (Lipinski definition) is 4. The van der Waals surface area contributed by atoms with Gasteiger partial charge in [-0.25, -0.2) is 5.43 Å². The van der Waals surface area contributed by atoms with Crippen molar-refractivity contribution in [2.75, 3.05) is 0 Å². The summed E-state index contributed by atoms with van der Waals surface area (Å²) in [5, 5.41) is 14.5. The zero-order valence-corrected chi connectivity index (χ0v) is 12.7. The molecule has 1 aliphatic rings. The summed E-state index contributed by atoms with van der Waals surface area (Å²) in [4.78, 5) is 22.0. The predicted octanol–water partition coefficient (Wildman–Crippen LogP) is 3.26. The molecule has 1 N–H and O–H groups in total. The van der Waals surface area contributed by atoms with E-state index >= 15 is 0 Å². The fourth-order valence-corrected chi connectivity index (χ4v) is 2.48. The third kappa shape index (κ3) is 4.65. The average Bonchev–Trinajstić information content (AvgIpc) is 3.27. The lowest BCUT2D eigenvalue weighted by atomic mass is 10.1. The number of carbonyl (C=O) groups is 1. The first-order valence-corrected chi connectivity index (χ1v) is 7.69. The highest BCUT2D eigenvalue weighted by atomic mass is 16.6. The second kappa shape index (κ2) is 7.68. The molecular weight excluding hydrogens is 282 g/mol. The largest absolute Gasteiger partial charge is 0.273 e. The number of amides is 1. The van der Waals surface area contributed by atoms with Crippen molar-refractivity contribution in [3.8, 4) is 0 Å². The van der Waals surface area contributed by atoms with E-state index in [-0.39, 0.29) is 17.5 Å². The minimum absolute atomic E-state index is 0.0281. The number of carbonyl (C=O) groups excluding carboxylic acids is 1. The number of nitrogens with zero attached hydrogens (tertiary/aromatic N) is 2. The summed E-state index contributed by atoms with van der Waals surface area (Å²) in [6, 6.07) is 6.01. The number of benzene rings is 1. The summed E-state index contributed by atoms with van der Waals surface area (Å²) < 4.78 is 0. The highest BCUT2D eigenvalue weighted by Crippen LogP contribution is 2.42. The van der Waals surface area contributed by atoms with Crippen molar-refractivity contribution in [3.05, 3.63) is 39.9 Å². The van der Waals surface area contributed by atoms with Crippen LogP contribution in [0.1, 0.15) is 44.6 Å². The summed E-state index contributed by atoms with van der Waals surface area (Å²) in [7, 11) is 0. The maximum atomic E-state index is 11.9. The SMILES string of the molecule is CCCCCC1CC1C(=O)N/N=C/c1ccc([N+](=O)[O-])cc1. The molecule has 1 aromatic carbocycles. The minimum atomic E-state index is -0.450. The highest BCUT2D eigenvalue weighted by molar-refractivity contribution is 5.84. The quantitative estimate of drug-likeness (QED) is 0.346. The van der Waals surface area contributed by atoms with E-state index in [0.29, 0.717) is 11.5 Å². The second-order valence-electron chi connectivity index (χ2n) is 5.68. The second-order valence-corrected chi connectivity index (χ2v) is 5.68. The molecule has 1 aromatic rings. The molecule has 6 nitrogen and oxygen atoms in total. The van der Waals surface area contributed by atoms with Gasteiger partial charge in [0.2, 0.25) is 5.91 Å². The molecule has 6 heteroatoms. The number of unbranched alkanes of at least 4 members (excludes halogenated alkanes) is 2. The van der Waals surface area contributed by atoms with E-state index in [9.17, 15) is 14.9 Å². The average molecular weight is 303 g/mol. The molecule has 1 aliphatic carbocycles. The lowest BCUT2D eigenvalue weighted by Gasteiger charge is -1.99. The Kier molecular flexibility index (Phi) is 5.63. The van der Waals surface area contributed by atoms with E-state index in [1.807, 2.05) is 0 Å². The van der Waals surface area contributed by atoms with Gasteiger partial charge in [0.25, 0.3) is 5.69 Å². The van der Waals surface area contributed by atoms with Crippen LogP contribution in [0.3, 0.4) is 0 Å². The Balaban J connectivity index is 1.73. The highest BCUT2D eigenvalue weighted by Gasteiger charge is 2.41. The van der Waals surface area contributed by atoms with Crippen LogP contribution in [0.4, 0.5) is 5.69 Å². The van der Waals surface area contributed by atoms with Gasteiger partial charge in [0.1, 0.15) is 0 Å². The number of rotatable bonds is 8. The number of nitro benzene ring substituents is 1. The van der Waals surface area contributed by atoms with Crippen molar-refractivity contribution in [1.29, 1.82) is 0 Å². The first-order valence-electron chi connectivity index (χ1n) is 7.69. The molecule has 1 fully saturated rings. The number of non-ortho nitro benzene ring substituents is 1. The summed E-state index contributed by atoms with van der Waals surface area (Å²) in [5.41, 5.74) is 3.29. The zero-order valence-electron chi connectivity index (χ0n) is 12.7. The molecule has 0 radical (unpaired) electrons. The minimum Gasteiger partial charge on any atom is -0.273 e. The van der Waals surface area contributed by atoms with Crippen LogP contribution in [-0.4, -0.2) is 17.0 Å². The van der Waals surface area contributed by atoms with Gasteiger partial charge in [-0.2, -0.15) is 5.10 Å². The molecule has 0 aromatic heterocycles. The van der Waals surface area contributed by atoms with E-state index < -0.39 is 4.92 Å². The maximum absolute atomic E-state index is 11.9. The fraction of sp³-hybridized carbons (Fsp3) is 0.500. The van der Waals surface area contributed by atoms with Gasteiger partial charge in [0.15, 0.2) is 0 Å². The molecule has 2 atom stereocenters. The number of nitrogens with one attached hydrogen (secondary N) is 1. The van der Waals surface area contributed by atoms with Crippen LogP contribution >= 0.6 is 0 Å². The maximum Gasteiger partial charge on any atom is 0.269 e. The van der Waals surface area contributed by atoms with Gasteiger partial charge in [-0.05, 0) is 36.5 Å².